The number of hydrogen-bond donors (Lipinski definition) is 4. The molecule has 1 saturated heterocycles. The maximum absolute atomic E-state index is 12.9. The Hall–Kier alpha value is -1.07. The number of hydrogen-bond acceptors (Lipinski definition) is 9. The third-order valence-electron chi connectivity index (χ3n) is 12.9. The lowest BCUT2D eigenvalue weighted by atomic mass is 9.99. The van der Waals surface area contributed by atoms with E-state index in [1.54, 1.807) is 0 Å². The van der Waals surface area contributed by atoms with Crippen molar-refractivity contribution >= 4 is 5.97 Å². The predicted octanol–water partition coefficient (Wildman–Crippen LogP) is 13.5. The van der Waals surface area contributed by atoms with Gasteiger partial charge in [0.05, 0.1) is 19.8 Å². The smallest absolute Gasteiger partial charge is 0.306 e. The van der Waals surface area contributed by atoms with Crippen LogP contribution < -0.4 is 0 Å². The molecular formula is C54H104O9. The van der Waals surface area contributed by atoms with Gasteiger partial charge in [0.15, 0.2) is 6.29 Å². The van der Waals surface area contributed by atoms with Gasteiger partial charge in [0.25, 0.3) is 0 Å². The highest BCUT2D eigenvalue weighted by Gasteiger charge is 2.44. The third kappa shape index (κ3) is 36.7. The van der Waals surface area contributed by atoms with E-state index in [4.69, 9.17) is 18.9 Å². The van der Waals surface area contributed by atoms with Crippen molar-refractivity contribution in [2.45, 2.75) is 301 Å². The number of aliphatic hydroxyl groups is 4. The summed E-state index contributed by atoms with van der Waals surface area (Å²) >= 11 is 0. The summed E-state index contributed by atoms with van der Waals surface area (Å²) in [5.41, 5.74) is 0. The first-order chi connectivity index (χ1) is 30.9. The Morgan fingerprint density at radius 2 is 0.873 bits per heavy atom. The Morgan fingerprint density at radius 3 is 1.29 bits per heavy atom. The number of rotatable bonds is 48. The van der Waals surface area contributed by atoms with Crippen molar-refractivity contribution in [1.29, 1.82) is 0 Å². The van der Waals surface area contributed by atoms with Gasteiger partial charge in [-0.3, -0.25) is 4.79 Å². The van der Waals surface area contributed by atoms with Gasteiger partial charge in [-0.1, -0.05) is 231 Å². The molecule has 1 rings (SSSR count). The minimum absolute atomic E-state index is 0.107. The van der Waals surface area contributed by atoms with Crippen molar-refractivity contribution in [2.75, 3.05) is 26.4 Å². The number of ether oxygens (including phenoxy) is 4. The van der Waals surface area contributed by atoms with Crippen LogP contribution in [0.1, 0.15) is 264 Å². The van der Waals surface area contributed by atoms with Crippen LogP contribution in [0.5, 0.6) is 0 Å². The quantitative estimate of drug-likeness (QED) is 0.0267. The molecule has 63 heavy (non-hydrogen) atoms. The molecule has 0 aromatic heterocycles. The monoisotopic (exact) mass is 897 g/mol. The third-order valence-corrected chi connectivity index (χ3v) is 12.9. The van der Waals surface area contributed by atoms with Crippen molar-refractivity contribution < 1.29 is 44.2 Å². The van der Waals surface area contributed by atoms with Gasteiger partial charge in [0, 0.05) is 13.0 Å². The summed E-state index contributed by atoms with van der Waals surface area (Å²) in [5, 5.41) is 40.3. The molecule has 9 nitrogen and oxygen atoms in total. The van der Waals surface area contributed by atoms with Crippen LogP contribution in [0.15, 0.2) is 12.2 Å². The van der Waals surface area contributed by atoms with Crippen LogP contribution in [0.3, 0.4) is 0 Å². The van der Waals surface area contributed by atoms with Gasteiger partial charge in [-0.15, -0.1) is 0 Å². The number of carbonyl (C=O) groups is 1. The zero-order chi connectivity index (χ0) is 45.7. The SMILES string of the molecule is CCCCCCCCCC/C=C\CCCCCCCCCCCCCC(=O)OC(COCCCCCCCCCCCCCCCCCCC)COC1OC(CO)C(O)C(O)C1O. The Labute approximate surface area is 388 Å². The van der Waals surface area contributed by atoms with Crippen LogP contribution in [0.25, 0.3) is 0 Å². The normalized spacial score (nSPS) is 19.6. The molecule has 1 aliphatic rings. The van der Waals surface area contributed by atoms with E-state index in [2.05, 4.69) is 26.0 Å². The predicted molar refractivity (Wildman–Crippen MR) is 261 cm³/mol. The highest BCUT2D eigenvalue weighted by atomic mass is 16.7. The van der Waals surface area contributed by atoms with Crippen LogP contribution in [0.4, 0.5) is 0 Å². The second kappa shape index (κ2) is 46.1. The fourth-order valence-electron chi connectivity index (χ4n) is 8.67. The summed E-state index contributed by atoms with van der Waals surface area (Å²) in [4.78, 5) is 12.9. The van der Waals surface area contributed by atoms with Crippen LogP contribution in [0.2, 0.25) is 0 Å². The zero-order valence-corrected chi connectivity index (χ0v) is 41.4. The molecule has 9 heteroatoms. The number of carbonyl (C=O) groups excluding carboxylic acids is 1. The van der Waals surface area contributed by atoms with Crippen molar-refractivity contribution in [3.05, 3.63) is 12.2 Å². The average Bonchev–Trinajstić information content (AvgIpc) is 3.28. The summed E-state index contributed by atoms with van der Waals surface area (Å²) < 4.78 is 22.9. The maximum Gasteiger partial charge on any atom is 0.306 e. The van der Waals surface area contributed by atoms with E-state index >= 15 is 0 Å². The number of allylic oxidation sites excluding steroid dienone is 2. The van der Waals surface area contributed by atoms with E-state index in [0.29, 0.717) is 13.0 Å². The van der Waals surface area contributed by atoms with E-state index < -0.39 is 43.4 Å². The first-order valence-corrected chi connectivity index (χ1v) is 27.3. The lowest BCUT2D eigenvalue weighted by molar-refractivity contribution is -0.305. The van der Waals surface area contributed by atoms with E-state index in [-0.39, 0.29) is 19.2 Å². The van der Waals surface area contributed by atoms with Crippen LogP contribution in [0, 0.1) is 0 Å². The largest absolute Gasteiger partial charge is 0.457 e. The molecule has 0 aliphatic carbocycles. The molecule has 6 unspecified atom stereocenters. The van der Waals surface area contributed by atoms with Crippen LogP contribution in [-0.4, -0.2) is 89.6 Å². The van der Waals surface area contributed by atoms with E-state index in [9.17, 15) is 25.2 Å². The van der Waals surface area contributed by atoms with Crippen molar-refractivity contribution in [2.24, 2.45) is 0 Å². The van der Waals surface area contributed by atoms with Gasteiger partial charge in [-0.2, -0.15) is 0 Å². The molecule has 1 aliphatic heterocycles. The van der Waals surface area contributed by atoms with Crippen LogP contribution in [-0.2, 0) is 23.7 Å². The van der Waals surface area contributed by atoms with Gasteiger partial charge >= 0.3 is 5.97 Å². The summed E-state index contributed by atoms with van der Waals surface area (Å²) in [5.74, 6) is -0.308. The fraction of sp³-hybridized carbons (Fsp3) is 0.944. The molecule has 0 aromatic carbocycles. The summed E-state index contributed by atoms with van der Waals surface area (Å²) in [7, 11) is 0. The molecular weight excluding hydrogens is 793 g/mol. The Morgan fingerprint density at radius 1 is 0.492 bits per heavy atom. The highest BCUT2D eigenvalue weighted by molar-refractivity contribution is 5.69. The Balaban J connectivity index is 2.16. The lowest BCUT2D eigenvalue weighted by Crippen LogP contribution is -2.59. The molecule has 0 radical (unpaired) electrons. The van der Waals surface area contributed by atoms with Gasteiger partial charge < -0.3 is 39.4 Å². The molecule has 0 bridgehead atoms. The average molecular weight is 897 g/mol. The van der Waals surface area contributed by atoms with Crippen molar-refractivity contribution in [1.82, 2.24) is 0 Å². The minimum atomic E-state index is -1.53. The fourth-order valence-corrected chi connectivity index (χ4v) is 8.67. The van der Waals surface area contributed by atoms with Gasteiger partial charge in [-0.05, 0) is 38.5 Å². The first-order valence-electron chi connectivity index (χ1n) is 27.3. The second-order valence-corrected chi connectivity index (χ2v) is 19.0. The molecule has 1 heterocycles. The highest BCUT2D eigenvalue weighted by Crippen LogP contribution is 2.23. The molecule has 374 valence electrons. The number of esters is 1. The van der Waals surface area contributed by atoms with E-state index in [1.807, 2.05) is 0 Å². The van der Waals surface area contributed by atoms with E-state index in [1.165, 1.54) is 212 Å². The first kappa shape index (κ1) is 59.9. The lowest BCUT2D eigenvalue weighted by Gasteiger charge is -2.39. The zero-order valence-electron chi connectivity index (χ0n) is 41.4. The molecule has 1 fully saturated rings. The molecule has 0 saturated carbocycles. The van der Waals surface area contributed by atoms with E-state index in [0.717, 1.165) is 32.1 Å². The Kier molecular flexibility index (Phi) is 43.8. The van der Waals surface area contributed by atoms with Gasteiger partial charge in [0.2, 0.25) is 0 Å². The number of unbranched alkanes of at least 4 members (excludes halogenated alkanes) is 35. The Bertz CT molecular complexity index is 977. The summed E-state index contributed by atoms with van der Waals surface area (Å²) in [6.45, 7) is 4.62. The van der Waals surface area contributed by atoms with Gasteiger partial charge in [-0.25, -0.2) is 0 Å². The van der Waals surface area contributed by atoms with Crippen LogP contribution >= 0.6 is 0 Å². The van der Waals surface area contributed by atoms with Crippen molar-refractivity contribution in [3.63, 3.8) is 0 Å². The van der Waals surface area contributed by atoms with Crippen molar-refractivity contribution in [3.8, 4) is 0 Å². The summed E-state index contributed by atoms with van der Waals surface area (Å²) in [6.07, 6.45) is 46.8. The summed E-state index contributed by atoms with van der Waals surface area (Å²) in [6, 6.07) is 0. The molecule has 0 aromatic rings. The molecule has 6 atom stereocenters. The molecule has 0 spiro atoms. The maximum atomic E-state index is 12.9. The second-order valence-electron chi connectivity index (χ2n) is 19.0. The molecule has 0 amide bonds. The standard InChI is InChI=1S/C54H104O9/c1-3-5-7-9-11-13-15-17-19-21-22-23-24-25-26-27-29-31-33-35-37-39-41-43-50(56)62-48(47-61-54-53(59)52(58)51(57)49(45-55)63-54)46-60-44-42-40-38-36-34-32-30-28-20-18-16-14-12-10-8-6-4-2/h21-22,48-49,51-55,57-59H,3-20,23-47H2,1-2H3/b22-21-. The topological polar surface area (TPSA) is 135 Å². The molecule has 4 N–H and O–H groups in total. The number of aliphatic hydroxyl groups excluding tert-OH is 4. The van der Waals surface area contributed by atoms with Gasteiger partial charge in [0.1, 0.15) is 30.5 Å². The minimum Gasteiger partial charge on any atom is -0.457 e.